The summed E-state index contributed by atoms with van der Waals surface area (Å²) >= 11 is 0. The molecular weight excluding hydrogens is 174 g/mol. The van der Waals surface area contributed by atoms with Crippen molar-refractivity contribution in [3.05, 3.63) is 17.5 Å². The van der Waals surface area contributed by atoms with Crippen LogP contribution in [0.2, 0.25) is 0 Å². The standard InChI is InChI=1S/C11H21N3/c1-7(2)8(3)13-9(4)11-6-12-14-10(11)5/h6-9,13H,1-5H3,(H,12,14). The van der Waals surface area contributed by atoms with E-state index in [1.807, 2.05) is 6.20 Å². The van der Waals surface area contributed by atoms with Crippen LogP contribution in [-0.2, 0) is 0 Å². The highest BCUT2D eigenvalue weighted by molar-refractivity contribution is 5.18. The van der Waals surface area contributed by atoms with Gasteiger partial charge < -0.3 is 5.32 Å². The van der Waals surface area contributed by atoms with E-state index in [1.165, 1.54) is 5.56 Å². The zero-order valence-electron chi connectivity index (χ0n) is 9.76. The quantitative estimate of drug-likeness (QED) is 0.774. The molecule has 0 bridgehead atoms. The van der Waals surface area contributed by atoms with Gasteiger partial charge in [-0.3, -0.25) is 5.10 Å². The normalized spacial score (nSPS) is 15.9. The maximum absolute atomic E-state index is 4.03. The van der Waals surface area contributed by atoms with E-state index in [0.29, 0.717) is 18.0 Å². The van der Waals surface area contributed by atoms with Gasteiger partial charge in [-0.25, -0.2) is 0 Å². The van der Waals surface area contributed by atoms with E-state index in [-0.39, 0.29) is 0 Å². The number of aromatic nitrogens is 2. The molecule has 0 amide bonds. The van der Waals surface area contributed by atoms with Crippen LogP contribution < -0.4 is 5.32 Å². The van der Waals surface area contributed by atoms with E-state index in [2.05, 4.69) is 50.1 Å². The summed E-state index contributed by atoms with van der Waals surface area (Å²) < 4.78 is 0. The van der Waals surface area contributed by atoms with Crippen LogP contribution in [0, 0.1) is 12.8 Å². The Hall–Kier alpha value is -0.830. The van der Waals surface area contributed by atoms with Gasteiger partial charge in [-0.15, -0.1) is 0 Å². The van der Waals surface area contributed by atoms with Crippen LogP contribution in [0.5, 0.6) is 0 Å². The number of nitrogens with one attached hydrogen (secondary N) is 2. The lowest BCUT2D eigenvalue weighted by Gasteiger charge is -2.22. The monoisotopic (exact) mass is 195 g/mol. The minimum atomic E-state index is 0.367. The number of H-pyrrole nitrogens is 1. The fourth-order valence-electron chi connectivity index (χ4n) is 1.47. The molecule has 0 aromatic carbocycles. The second-order valence-electron chi connectivity index (χ2n) is 4.37. The molecule has 80 valence electrons. The van der Waals surface area contributed by atoms with Gasteiger partial charge in [-0.05, 0) is 26.7 Å². The fourth-order valence-corrected chi connectivity index (χ4v) is 1.47. The van der Waals surface area contributed by atoms with E-state index >= 15 is 0 Å². The van der Waals surface area contributed by atoms with Gasteiger partial charge >= 0.3 is 0 Å². The van der Waals surface area contributed by atoms with Crippen LogP contribution in [0.3, 0.4) is 0 Å². The highest BCUT2D eigenvalue weighted by atomic mass is 15.1. The molecule has 0 radical (unpaired) electrons. The Morgan fingerprint density at radius 2 is 1.93 bits per heavy atom. The van der Waals surface area contributed by atoms with Crippen molar-refractivity contribution in [1.82, 2.24) is 15.5 Å². The van der Waals surface area contributed by atoms with Crippen molar-refractivity contribution in [2.75, 3.05) is 0 Å². The van der Waals surface area contributed by atoms with Crippen molar-refractivity contribution in [3.8, 4) is 0 Å². The summed E-state index contributed by atoms with van der Waals surface area (Å²) in [5.74, 6) is 0.657. The maximum atomic E-state index is 4.03. The lowest BCUT2D eigenvalue weighted by atomic mass is 10.0. The van der Waals surface area contributed by atoms with Crippen LogP contribution in [0.15, 0.2) is 6.20 Å². The second kappa shape index (κ2) is 4.60. The lowest BCUT2D eigenvalue weighted by Crippen LogP contribution is -2.33. The predicted molar refractivity (Wildman–Crippen MR) is 59.2 cm³/mol. The number of hydrogen-bond acceptors (Lipinski definition) is 2. The van der Waals surface area contributed by atoms with Crippen molar-refractivity contribution in [3.63, 3.8) is 0 Å². The largest absolute Gasteiger partial charge is 0.307 e. The highest BCUT2D eigenvalue weighted by Crippen LogP contribution is 2.16. The molecule has 1 aromatic rings. The van der Waals surface area contributed by atoms with Gasteiger partial charge in [0.15, 0.2) is 0 Å². The summed E-state index contributed by atoms with van der Waals surface area (Å²) in [6, 6.07) is 0.894. The number of aromatic amines is 1. The number of rotatable bonds is 4. The molecule has 0 fully saturated rings. The lowest BCUT2D eigenvalue weighted by molar-refractivity contribution is 0.388. The van der Waals surface area contributed by atoms with Gasteiger partial charge in [0.2, 0.25) is 0 Å². The molecule has 2 N–H and O–H groups in total. The van der Waals surface area contributed by atoms with Gasteiger partial charge in [0.05, 0.1) is 6.20 Å². The second-order valence-corrected chi connectivity index (χ2v) is 4.37. The minimum Gasteiger partial charge on any atom is -0.307 e. The van der Waals surface area contributed by atoms with Crippen LogP contribution in [0.4, 0.5) is 0 Å². The summed E-state index contributed by atoms with van der Waals surface area (Å²) in [6.45, 7) is 10.9. The average Bonchev–Trinajstić information content (AvgIpc) is 2.51. The molecule has 3 nitrogen and oxygen atoms in total. The average molecular weight is 195 g/mol. The zero-order chi connectivity index (χ0) is 10.7. The molecular formula is C11H21N3. The number of hydrogen-bond donors (Lipinski definition) is 2. The summed E-state index contributed by atoms with van der Waals surface area (Å²) in [6.07, 6.45) is 1.90. The topological polar surface area (TPSA) is 40.7 Å². The Bertz CT molecular complexity index is 278. The first kappa shape index (κ1) is 11.2. The summed E-state index contributed by atoms with van der Waals surface area (Å²) in [7, 11) is 0. The first-order valence-corrected chi connectivity index (χ1v) is 5.28. The molecule has 3 heteroatoms. The molecule has 0 saturated heterocycles. The third-order valence-electron chi connectivity index (χ3n) is 2.85. The zero-order valence-corrected chi connectivity index (χ0v) is 9.76. The van der Waals surface area contributed by atoms with Gasteiger partial charge in [-0.2, -0.15) is 5.10 Å². The molecule has 0 spiro atoms. The molecule has 2 unspecified atom stereocenters. The molecule has 1 aromatic heterocycles. The van der Waals surface area contributed by atoms with Crippen molar-refractivity contribution < 1.29 is 0 Å². The van der Waals surface area contributed by atoms with Crippen LogP contribution >= 0.6 is 0 Å². The van der Waals surface area contributed by atoms with Crippen LogP contribution in [0.25, 0.3) is 0 Å². The van der Waals surface area contributed by atoms with Crippen LogP contribution in [0.1, 0.15) is 45.0 Å². The van der Waals surface area contributed by atoms with E-state index in [9.17, 15) is 0 Å². The third kappa shape index (κ3) is 2.58. The smallest absolute Gasteiger partial charge is 0.0537 e. The van der Waals surface area contributed by atoms with Gasteiger partial charge in [0.1, 0.15) is 0 Å². The third-order valence-corrected chi connectivity index (χ3v) is 2.85. The maximum Gasteiger partial charge on any atom is 0.0537 e. The first-order chi connectivity index (χ1) is 6.52. The molecule has 0 saturated carbocycles. The van der Waals surface area contributed by atoms with Crippen molar-refractivity contribution >= 4 is 0 Å². The Labute approximate surface area is 86.3 Å². The molecule has 1 rings (SSSR count). The molecule has 14 heavy (non-hydrogen) atoms. The molecule has 0 aliphatic carbocycles. The van der Waals surface area contributed by atoms with Gasteiger partial charge in [-0.1, -0.05) is 13.8 Å². The Morgan fingerprint density at radius 3 is 2.36 bits per heavy atom. The molecule has 0 aliphatic heterocycles. The summed E-state index contributed by atoms with van der Waals surface area (Å²) in [5.41, 5.74) is 2.42. The van der Waals surface area contributed by atoms with Crippen molar-refractivity contribution in [1.29, 1.82) is 0 Å². The summed E-state index contributed by atoms with van der Waals surface area (Å²) in [5, 5.41) is 10.6. The predicted octanol–water partition coefficient (Wildman–Crippen LogP) is 2.41. The van der Waals surface area contributed by atoms with Crippen LogP contribution in [-0.4, -0.2) is 16.2 Å². The first-order valence-electron chi connectivity index (χ1n) is 5.28. The van der Waals surface area contributed by atoms with E-state index < -0.39 is 0 Å². The van der Waals surface area contributed by atoms with Crippen molar-refractivity contribution in [2.45, 2.75) is 46.7 Å². The Balaban J connectivity index is 2.59. The molecule has 0 aliphatic rings. The number of nitrogens with zero attached hydrogens (tertiary/aromatic N) is 1. The van der Waals surface area contributed by atoms with Gasteiger partial charge in [0, 0.05) is 23.3 Å². The van der Waals surface area contributed by atoms with E-state index in [0.717, 1.165) is 5.69 Å². The SMILES string of the molecule is Cc1[nH]ncc1C(C)NC(C)C(C)C. The minimum absolute atomic E-state index is 0.367. The Kier molecular flexibility index (Phi) is 3.69. The Morgan fingerprint density at radius 1 is 1.29 bits per heavy atom. The van der Waals surface area contributed by atoms with Gasteiger partial charge in [0.25, 0.3) is 0 Å². The summed E-state index contributed by atoms with van der Waals surface area (Å²) in [4.78, 5) is 0. The fraction of sp³-hybridized carbons (Fsp3) is 0.727. The molecule has 1 heterocycles. The van der Waals surface area contributed by atoms with E-state index in [1.54, 1.807) is 0 Å². The highest BCUT2D eigenvalue weighted by Gasteiger charge is 2.14. The number of aryl methyl sites for hydroxylation is 1. The van der Waals surface area contributed by atoms with E-state index in [4.69, 9.17) is 0 Å². The van der Waals surface area contributed by atoms with Crippen molar-refractivity contribution in [2.24, 2.45) is 5.92 Å². The molecule has 2 atom stereocenters.